The molecule has 0 aliphatic carbocycles. The zero-order valence-electron chi connectivity index (χ0n) is 17.8. The number of nitrogens with zero attached hydrogens (tertiary/aromatic N) is 3. The van der Waals surface area contributed by atoms with Crippen molar-refractivity contribution in [1.29, 1.82) is 0 Å². The Bertz CT molecular complexity index is 1210. The lowest BCUT2D eigenvalue weighted by Crippen LogP contribution is -2.53. The lowest BCUT2D eigenvalue weighted by molar-refractivity contribution is 0.0230. The average Bonchev–Trinajstić information content (AvgIpc) is 2.76. The predicted octanol–water partition coefficient (Wildman–Crippen LogP) is 5.92. The third-order valence-corrected chi connectivity index (χ3v) is 6.95. The van der Waals surface area contributed by atoms with Crippen LogP contribution in [-0.4, -0.2) is 26.8 Å². The molecule has 1 saturated heterocycles. The number of carbonyl (C=O) groups excluding carboxylic acids is 1. The number of hydrogen-bond donors (Lipinski definition) is 0. The van der Waals surface area contributed by atoms with E-state index in [9.17, 15) is 13.6 Å². The Morgan fingerprint density at radius 1 is 1.06 bits per heavy atom. The second-order valence-electron chi connectivity index (χ2n) is 8.67. The fraction of sp³-hybridized carbons (Fsp3) is 0.320. The van der Waals surface area contributed by atoms with Crippen LogP contribution in [0.4, 0.5) is 8.78 Å². The molecule has 0 N–H and O–H groups in total. The molecule has 32 heavy (non-hydrogen) atoms. The molecule has 2 aliphatic heterocycles. The number of carbonyl (C=O) groups is 1. The van der Waals surface area contributed by atoms with Gasteiger partial charge in [0.05, 0.1) is 28.0 Å². The van der Waals surface area contributed by atoms with Gasteiger partial charge in [0.1, 0.15) is 17.5 Å². The number of aryl methyl sites for hydroxylation is 1. The summed E-state index contributed by atoms with van der Waals surface area (Å²) in [5, 5.41) is 0.109. The van der Waals surface area contributed by atoms with E-state index in [0.29, 0.717) is 17.8 Å². The van der Waals surface area contributed by atoms with Crippen molar-refractivity contribution in [2.24, 2.45) is 5.92 Å². The third-order valence-electron chi connectivity index (χ3n) is 6.64. The molecule has 2 aromatic carbocycles. The summed E-state index contributed by atoms with van der Waals surface area (Å²) >= 11 is 6.24. The number of benzene rings is 2. The summed E-state index contributed by atoms with van der Waals surface area (Å²) in [6, 6.07) is 9.93. The Labute approximate surface area is 190 Å². The molecule has 5 rings (SSSR count). The van der Waals surface area contributed by atoms with Crippen molar-refractivity contribution in [2.45, 2.75) is 45.2 Å². The van der Waals surface area contributed by atoms with Gasteiger partial charge in [-0.05, 0) is 74.6 Å². The normalized spacial score (nSPS) is 21.9. The van der Waals surface area contributed by atoms with Crippen LogP contribution in [0.25, 0.3) is 11.3 Å². The first-order valence-electron chi connectivity index (χ1n) is 10.7. The summed E-state index contributed by atoms with van der Waals surface area (Å²) in [5.74, 6) is -0.109. The van der Waals surface area contributed by atoms with E-state index in [4.69, 9.17) is 21.6 Å². The van der Waals surface area contributed by atoms with Gasteiger partial charge in [0.25, 0.3) is 5.91 Å². The van der Waals surface area contributed by atoms with Crippen molar-refractivity contribution in [3.8, 4) is 11.3 Å². The van der Waals surface area contributed by atoms with Gasteiger partial charge in [-0.15, -0.1) is 0 Å². The molecule has 3 heterocycles. The van der Waals surface area contributed by atoms with Crippen LogP contribution in [0.1, 0.15) is 53.2 Å². The number of halogens is 3. The van der Waals surface area contributed by atoms with E-state index < -0.39 is 5.82 Å². The van der Waals surface area contributed by atoms with Gasteiger partial charge in [-0.3, -0.25) is 4.79 Å². The minimum Gasteiger partial charge on any atom is -0.326 e. The summed E-state index contributed by atoms with van der Waals surface area (Å²) < 4.78 is 27.1. The maximum Gasteiger partial charge on any atom is 0.256 e. The van der Waals surface area contributed by atoms with Crippen molar-refractivity contribution in [3.05, 3.63) is 81.8 Å². The first-order chi connectivity index (χ1) is 15.3. The third kappa shape index (κ3) is 3.47. The van der Waals surface area contributed by atoms with E-state index in [1.807, 2.05) is 11.8 Å². The second kappa shape index (κ2) is 7.93. The van der Waals surface area contributed by atoms with Crippen LogP contribution in [0.5, 0.6) is 0 Å². The lowest BCUT2D eigenvalue weighted by Gasteiger charge is -2.49. The first kappa shape index (κ1) is 21.0. The SMILES string of the molecule is Cc1nc(-c2ccc(F)cc2)c2c(n1)[C@@H]1CCC(C)[C@H](C2)N1C(=O)c1ccc(F)cc1Cl. The highest BCUT2D eigenvalue weighted by Crippen LogP contribution is 2.46. The molecule has 1 aromatic heterocycles. The van der Waals surface area contributed by atoms with Crippen LogP contribution in [-0.2, 0) is 6.42 Å². The molecule has 0 radical (unpaired) electrons. The largest absolute Gasteiger partial charge is 0.326 e. The van der Waals surface area contributed by atoms with Gasteiger partial charge < -0.3 is 4.90 Å². The van der Waals surface area contributed by atoms with Crippen LogP contribution in [0.15, 0.2) is 42.5 Å². The smallest absolute Gasteiger partial charge is 0.256 e. The topological polar surface area (TPSA) is 46.1 Å². The Morgan fingerprint density at radius 2 is 1.78 bits per heavy atom. The molecule has 1 unspecified atom stereocenters. The molecule has 2 bridgehead atoms. The van der Waals surface area contributed by atoms with Gasteiger partial charge >= 0.3 is 0 Å². The van der Waals surface area contributed by atoms with Crippen molar-refractivity contribution >= 4 is 17.5 Å². The zero-order valence-corrected chi connectivity index (χ0v) is 18.5. The lowest BCUT2D eigenvalue weighted by atomic mass is 9.75. The van der Waals surface area contributed by atoms with Gasteiger partial charge in [-0.25, -0.2) is 18.7 Å². The standard InChI is InChI=1S/C25H22ClF2N3O/c1-13-3-10-21-24-19(23(29-14(2)30-24)15-4-6-16(27)7-5-15)12-22(13)31(21)25(32)18-9-8-17(28)11-20(18)26/h4-9,11,13,21-22H,3,10,12H2,1-2H3/t13?,21-,22-/m0/s1. The van der Waals surface area contributed by atoms with Crippen molar-refractivity contribution in [2.75, 3.05) is 0 Å². The molecule has 3 aromatic rings. The van der Waals surface area contributed by atoms with E-state index in [1.165, 1.54) is 30.3 Å². The number of amides is 1. The van der Waals surface area contributed by atoms with Gasteiger partial charge in [0.15, 0.2) is 0 Å². The highest BCUT2D eigenvalue weighted by atomic mass is 35.5. The summed E-state index contributed by atoms with van der Waals surface area (Å²) in [5.41, 5.74) is 3.78. The zero-order chi connectivity index (χ0) is 22.6. The molecule has 4 nitrogen and oxygen atoms in total. The number of rotatable bonds is 2. The predicted molar refractivity (Wildman–Crippen MR) is 118 cm³/mol. The van der Waals surface area contributed by atoms with Gasteiger partial charge in [0, 0.05) is 17.2 Å². The second-order valence-corrected chi connectivity index (χ2v) is 9.08. The fourth-order valence-corrected chi connectivity index (χ4v) is 5.32. The Hall–Kier alpha value is -2.86. The molecule has 0 spiro atoms. The Kier molecular flexibility index (Phi) is 5.20. The molecule has 1 amide bonds. The van der Waals surface area contributed by atoms with Gasteiger partial charge in [-0.2, -0.15) is 0 Å². The average molecular weight is 454 g/mol. The Balaban J connectivity index is 1.63. The number of piperidine rings is 1. The van der Waals surface area contributed by atoms with Crippen LogP contribution >= 0.6 is 11.6 Å². The first-order valence-corrected chi connectivity index (χ1v) is 11.1. The van der Waals surface area contributed by atoms with Crippen LogP contribution in [0.2, 0.25) is 5.02 Å². The van der Waals surface area contributed by atoms with E-state index >= 15 is 0 Å². The van der Waals surface area contributed by atoms with E-state index in [-0.39, 0.29) is 34.7 Å². The van der Waals surface area contributed by atoms with Crippen molar-refractivity contribution in [1.82, 2.24) is 14.9 Å². The molecule has 2 aliphatic rings. The van der Waals surface area contributed by atoms with Crippen LogP contribution in [0, 0.1) is 24.5 Å². The number of fused-ring (bicyclic) bond motifs is 4. The molecule has 1 fully saturated rings. The Morgan fingerprint density at radius 3 is 2.50 bits per heavy atom. The molecule has 0 saturated carbocycles. The van der Waals surface area contributed by atoms with E-state index in [1.54, 1.807) is 12.1 Å². The summed E-state index contributed by atoms with van der Waals surface area (Å²) in [7, 11) is 0. The van der Waals surface area contributed by atoms with Gasteiger partial charge in [0.2, 0.25) is 0 Å². The minimum atomic E-state index is -0.476. The van der Waals surface area contributed by atoms with Gasteiger partial charge in [-0.1, -0.05) is 18.5 Å². The summed E-state index contributed by atoms with van der Waals surface area (Å²) in [6.45, 7) is 3.97. The summed E-state index contributed by atoms with van der Waals surface area (Å²) in [6.07, 6.45) is 2.35. The molecular formula is C25H22ClF2N3O. The highest BCUT2D eigenvalue weighted by Gasteiger charge is 2.45. The monoisotopic (exact) mass is 453 g/mol. The van der Waals surface area contributed by atoms with Crippen molar-refractivity contribution < 1.29 is 13.6 Å². The molecule has 7 heteroatoms. The summed E-state index contributed by atoms with van der Waals surface area (Å²) in [4.78, 5) is 24.9. The van der Waals surface area contributed by atoms with E-state index in [2.05, 4.69) is 6.92 Å². The molecular weight excluding hydrogens is 432 g/mol. The van der Waals surface area contributed by atoms with Crippen LogP contribution in [0.3, 0.4) is 0 Å². The fourth-order valence-electron chi connectivity index (χ4n) is 5.07. The number of hydrogen-bond acceptors (Lipinski definition) is 3. The highest BCUT2D eigenvalue weighted by molar-refractivity contribution is 6.33. The maximum atomic E-state index is 13.6. The quantitative estimate of drug-likeness (QED) is 0.483. The van der Waals surface area contributed by atoms with Crippen molar-refractivity contribution in [3.63, 3.8) is 0 Å². The minimum absolute atomic E-state index is 0.0552. The van der Waals surface area contributed by atoms with E-state index in [0.717, 1.165) is 35.4 Å². The molecule has 3 atom stereocenters. The molecule has 164 valence electrons. The van der Waals surface area contributed by atoms with Crippen LogP contribution < -0.4 is 0 Å². The maximum absolute atomic E-state index is 13.6. The number of aromatic nitrogens is 2.